The lowest BCUT2D eigenvalue weighted by Crippen LogP contribution is -2.33. The predicted octanol–water partition coefficient (Wildman–Crippen LogP) is 2.11. The van der Waals surface area contributed by atoms with Gasteiger partial charge in [-0.25, -0.2) is 13.6 Å². The Morgan fingerprint density at radius 2 is 1.85 bits per heavy atom. The summed E-state index contributed by atoms with van der Waals surface area (Å²) >= 11 is 3.03. The third kappa shape index (κ3) is 3.01. The first-order valence-electron chi connectivity index (χ1n) is 5.28. The van der Waals surface area contributed by atoms with Crippen LogP contribution in [0.4, 0.5) is 13.2 Å². The molecule has 0 spiro atoms. The molecule has 112 valence electrons. The Morgan fingerprint density at radius 1 is 1.25 bits per heavy atom. The van der Waals surface area contributed by atoms with Crippen molar-refractivity contribution < 1.29 is 31.1 Å². The van der Waals surface area contributed by atoms with Gasteiger partial charge in [-0.15, -0.1) is 0 Å². The number of primary sulfonamides is 1. The van der Waals surface area contributed by atoms with Gasteiger partial charge in [0.25, 0.3) is 0 Å². The first-order chi connectivity index (χ1) is 9.10. The van der Waals surface area contributed by atoms with Gasteiger partial charge in [0.05, 0.1) is 4.47 Å². The zero-order valence-corrected chi connectivity index (χ0v) is 12.2. The standard InChI is InChI=1S/C10H9BrF3NO4S/c11-6-3-5(4-7-8(6)19-2-1-18-7)9(10(12,13)14)20(15,16)17/h3-4,9H,1-2H2,(H2,15,16,17). The largest absolute Gasteiger partial charge is 0.486 e. The van der Waals surface area contributed by atoms with Crippen LogP contribution in [0.2, 0.25) is 0 Å². The quantitative estimate of drug-likeness (QED) is 0.858. The molecule has 0 radical (unpaired) electrons. The first kappa shape index (κ1) is 15.4. The van der Waals surface area contributed by atoms with E-state index in [-0.39, 0.29) is 29.2 Å². The summed E-state index contributed by atoms with van der Waals surface area (Å²) < 4.78 is 71.8. The highest BCUT2D eigenvalue weighted by atomic mass is 79.9. The minimum Gasteiger partial charge on any atom is -0.486 e. The van der Waals surface area contributed by atoms with Crippen LogP contribution < -0.4 is 14.6 Å². The molecule has 1 atom stereocenters. The lowest BCUT2D eigenvalue weighted by Gasteiger charge is -2.23. The van der Waals surface area contributed by atoms with Gasteiger partial charge in [0.1, 0.15) is 13.2 Å². The minimum absolute atomic E-state index is 0.0403. The van der Waals surface area contributed by atoms with Crippen molar-refractivity contribution in [2.24, 2.45) is 5.14 Å². The van der Waals surface area contributed by atoms with E-state index in [0.29, 0.717) is 0 Å². The van der Waals surface area contributed by atoms with Gasteiger partial charge in [0.15, 0.2) is 16.7 Å². The molecule has 0 saturated carbocycles. The van der Waals surface area contributed by atoms with Crippen LogP contribution in [0.1, 0.15) is 10.8 Å². The molecule has 2 N–H and O–H groups in total. The molecule has 0 bridgehead atoms. The number of rotatable bonds is 2. The third-order valence-corrected chi connectivity index (χ3v) is 4.33. The van der Waals surface area contributed by atoms with Crippen LogP contribution >= 0.6 is 15.9 Å². The van der Waals surface area contributed by atoms with Crippen molar-refractivity contribution in [3.8, 4) is 11.5 Å². The fraction of sp³-hybridized carbons (Fsp3) is 0.400. The van der Waals surface area contributed by atoms with E-state index in [0.717, 1.165) is 12.1 Å². The average Bonchev–Trinajstić information content (AvgIpc) is 2.25. The van der Waals surface area contributed by atoms with Gasteiger partial charge >= 0.3 is 6.18 Å². The van der Waals surface area contributed by atoms with Crippen molar-refractivity contribution in [2.75, 3.05) is 13.2 Å². The molecule has 5 nitrogen and oxygen atoms in total. The Hall–Kier alpha value is -1.00. The van der Waals surface area contributed by atoms with Crippen LogP contribution in [0, 0.1) is 0 Å². The van der Waals surface area contributed by atoms with E-state index in [1.54, 1.807) is 0 Å². The first-order valence-corrected chi connectivity index (χ1v) is 7.68. The molecule has 1 unspecified atom stereocenters. The van der Waals surface area contributed by atoms with Crippen molar-refractivity contribution >= 4 is 26.0 Å². The summed E-state index contributed by atoms with van der Waals surface area (Å²) in [6.45, 7) is 0.414. The number of ether oxygens (including phenoxy) is 2. The maximum atomic E-state index is 12.9. The number of alkyl halides is 3. The summed E-state index contributed by atoms with van der Waals surface area (Å²) in [7, 11) is -4.86. The van der Waals surface area contributed by atoms with Crippen LogP contribution in [0.3, 0.4) is 0 Å². The van der Waals surface area contributed by atoms with Gasteiger partial charge in [-0.3, -0.25) is 0 Å². The highest BCUT2D eigenvalue weighted by molar-refractivity contribution is 9.10. The smallest absolute Gasteiger partial charge is 0.410 e. The van der Waals surface area contributed by atoms with E-state index < -0.39 is 27.0 Å². The molecule has 0 saturated heterocycles. The number of nitrogens with two attached hydrogens (primary N) is 1. The number of benzene rings is 1. The normalized spacial score (nSPS) is 16.9. The van der Waals surface area contributed by atoms with Gasteiger partial charge in [-0.05, 0) is 33.6 Å². The van der Waals surface area contributed by atoms with E-state index in [2.05, 4.69) is 21.1 Å². The van der Waals surface area contributed by atoms with E-state index in [9.17, 15) is 21.6 Å². The second-order valence-electron chi connectivity index (χ2n) is 4.04. The van der Waals surface area contributed by atoms with Gasteiger partial charge in [0.2, 0.25) is 10.0 Å². The van der Waals surface area contributed by atoms with Gasteiger partial charge in [-0.1, -0.05) is 0 Å². The van der Waals surface area contributed by atoms with Gasteiger partial charge in [-0.2, -0.15) is 13.2 Å². The van der Waals surface area contributed by atoms with Crippen molar-refractivity contribution in [2.45, 2.75) is 11.4 Å². The molecule has 1 aliphatic heterocycles. The molecule has 1 aliphatic rings. The minimum atomic E-state index is -5.03. The van der Waals surface area contributed by atoms with E-state index in [4.69, 9.17) is 9.47 Å². The zero-order valence-electron chi connectivity index (χ0n) is 9.78. The summed E-state index contributed by atoms with van der Waals surface area (Å²) in [5.41, 5.74) is -0.531. The summed E-state index contributed by atoms with van der Waals surface area (Å²) in [6, 6.07) is 1.98. The molecule has 0 aliphatic carbocycles. The fourth-order valence-corrected chi connectivity index (χ4v) is 3.31. The molecule has 0 amide bonds. The van der Waals surface area contributed by atoms with Gasteiger partial charge < -0.3 is 9.47 Å². The maximum Gasteiger partial charge on any atom is 0.410 e. The second-order valence-corrected chi connectivity index (χ2v) is 6.54. The number of fused-ring (bicyclic) bond motifs is 1. The van der Waals surface area contributed by atoms with Crippen LogP contribution in [0.25, 0.3) is 0 Å². The van der Waals surface area contributed by atoms with Crippen LogP contribution in [0.5, 0.6) is 11.5 Å². The SMILES string of the molecule is NS(=O)(=O)C(c1cc(Br)c2c(c1)OCCO2)C(F)(F)F. The summed E-state index contributed by atoms with van der Waals surface area (Å²) in [5, 5.41) is 1.87. The van der Waals surface area contributed by atoms with Crippen LogP contribution in [-0.2, 0) is 10.0 Å². The van der Waals surface area contributed by atoms with Crippen molar-refractivity contribution in [1.29, 1.82) is 0 Å². The van der Waals surface area contributed by atoms with Crippen LogP contribution in [-0.4, -0.2) is 27.8 Å². The van der Waals surface area contributed by atoms with Crippen molar-refractivity contribution in [3.63, 3.8) is 0 Å². The van der Waals surface area contributed by atoms with Crippen LogP contribution in [0.15, 0.2) is 16.6 Å². The summed E-state index contributed by atoms with van der Waals surface area (Å²) in [6.07, 6.45) is -5.03. The van der Waals surface area contributed by atoms with E-state index >= 15 is 0 Å². The Morgan fingerprint density at radius 3 is 2.40 bits per heavy atom. The molecule has 1 aromatic rings. The summed E-state index contributed by atoms with van der Waals surface area (Å²) in [5.74, 6) is 0.272. The topological polar surface area (TPSA) is 78.6 Å². The third-order valence-electron chi connectivity index (χ3n) is 2.55. The molecule has 10 heteroatoms. The molecule has 1 heterocycles. The Balaban J connectivity index is 2.59. The summed E-state index contributed by atoms with van der Waals surface area (Å²) in [4.78, 5) is 0. The lowest BCUT2D eigenvalue weighted by atomic mass is 10.1. The number of halogens is 4. The number of sulfonamides is 1. The number of hydrogen-bond acceptors (Lipinski definition) is 4. The predicted molar refractivity (Wildman–Crippen MR) is 67.0 cm³/mol. The van der Waals surface area contributed by atoms with Crippen molar-refractivity contribution in [1.82, 2.24) is 0 Å². The molecule has 20 heavy (non-hydrogen) atoms. The van der Waals surface area contributed by atoms with E-state index in [1.807, 2.05) is 0 Å². The molecular weight excluding hydrogens is 367 g/mol. The van der Waals surface area contributed by atoms with Gasteiger partial charge in [0, 0.05) is 0 Å². The highest BCUT2D eigenvalue weighted by Gasteiger charge is 2.49. The fourth-order valence-electron chi connectivity index (χ4n) is 1.85. The molecule has 1 aromatic carbocycles. The Bertz CT molecular complexity index is 632. The molecule has 0 aromatic heterocycles. The Labute approximate surface area is 121 Å². The van der Waals surface area contributed by atoms with E-state index in [1.165, 1.54) is 0 Å². The van der Waals surface area contributed by atoms with Crippen molar-refractivity contribution in [3.05, 3.63) is 22.2 Å². The maximum absolute atomic E-state index is 12.9. The monoisotopic (exact) mass is 375 g/mol. The number of hydrogen-bond donors (Lipinski definition) is 1. The molecule has 0 fully saturated rings. The molecule has 2 rings (SSSR count). The average molecular weight is 376 g/mol. The lowest BCUT2D eigenvalue weighted by molar-refractivity contribution is -0.131. The molecular formula is C10H9BrF3NO4S. The zero-order chi connectivity index (χ0) is 15.1. The highest BCUT2D eigenvalue weighted by Crippen LogP contribution is 2.44. The Kier molecular flexibility index (Phi) is 3.91. The second kappa shape index (κ2) is 5.08.